The van der Waals surface area contributed by atoms with E-state index in [0.717, 1.165) is 24.8 Å². The topological polar surface area (TPSA) is 83.1 Å². The molecule has 0 bridgehead atoms. The third-order valence-electron chi connectivity index (χ3n) is 5.05. The van der Waals surface area contributed by atoms with E-state index in [1.165, 1.54) is 4.31 Å². The highest BCUT2D eigenvalue weighted by atomic mass is 32.2. The zero-order valence-corrected chi connectivity index (χ0v) is 17.0. The zero-order valence-electron chi connectivity index (χ0n) is 16.2. The van der Waals surface area contributed by atoms with Gasteiger partial charge in [-0.3, -0.25) is 4.79 Å². The predicted molar refractivity (Wildman–Crippen MR) is 109 cm³/mol. The van der Waals surface area contributed by atoms with E-state index in [0.29, 0.717) is 18.8 Å². The van der Waals surface area contributed by atoms with E-state index in [9.17, 15) is 13.2 Å². The fourth-order valence-electron chi connectivity index (χ4n) is 3.38. The number of nitrogens with zero attached hydrogens (tertiary/aromatic N) is 1. The molecule has 1 saturated heterocycles. The van der Waals surface area contributed by atoms with E-state index in [-0.39, 0.29) is 23.4 Å². The molecule has 6 nitrogen and oxygen atoms in total. The SMILES string of the molecule is C[C@@H]([NH2+]CC(=O)Nc1cccc(S(=O)(=O)N2CCCCC2)c1)c1ccccc1. The molecule has 28 heavy (non-hydrogen) atoms. The highest BCUT2D eigenvalue weighted by molar-refractivity contribution is 7.89. The van der Waals surface area contributed by atoms with Crippen LogP contribution in [-0.4, -0.2) is 38.3 Å². The number of piperidine rings is 1. The van der Waals surface area contributed by atoms with Gasteiger partial charge in [-0.15, -0.1) is 0 Å². The summed E-state index contributed by atoms with van der Waals surface area (Å²) in [6.07, 6.45) is 2.86. The molecule has 0 aromatic heterocycles. The van der Waals surface area contributed by atoms with Crippen LogP contribution in [-0.2, 0) is 14.8 Å². The van der Waals surface area contributed by atoms with Crippen molar-refractivity contribution in [3.8, 4) is 0 Å². The van der Waals surface area contributed by atoms with E-state index < -0.39 is 10.0 Å². The first-order valence-electron chi connectivity index (χ1n) is 9.75. The zero-order chi connectivity index (χ0) is 20.0. The first-order chi connectivity index (χ1) is 13.5. The van der Waals surface area contributed by atoms with Gasteiger partial charge in [-0.05, 0) is 38.0 Å². The van der Waals surface area contributed by atoms with E-state index in [4.69, 9.17) is 0 Å². The van der Waals surface area contributed by atoms with Gasteiger partial charge in [0.15, 0.2) is 6.54 Å². The largest absolute Gasteiger partial charge is 0.333 e. The monoisotopic (exact) mass is 402 g/mol. The van der Waals surface area contributed by atoms with E-state index in [1.807, 2.05) is 35.6 Å². The van der Waals surface area contributed by atoms with Crippen LogP contribution in [0, 0.1) is 0 Å². The average Bonchev–Trinajstić information content (AvgIpc) is 2.73. The van der Waals surface area contributed by atoms with Gasteiger partial charge in [0.25, 0.3) is 5.91 Å². The molecule has 2 aromatic rings. The molecule has 1 fully saturated rings. The fourth-order valence-corrected chi connectivity index (χ4v) is 4.94. The Kier molecular flexibility index (Phi) is 6.83. The molecule has 0 saturated carbocycles. The number of hydrogen-bond acceptors (Lipinski definition) is 3. The molecule has 0 radical (unpaired) electrons. The standard InChI is InChI=1S/C21H27N3O3S/c1-17(18-9-4-2-5-10-18)22-16-21(25)23-19-11-8-12-20(15-19)28(26,27)24-13-6-3-7-14-24/h2,4-5,8-12,15,17,22H,3,6-7,13-14,16H2,1H3,(H,23,25)/p+1/t17-/m1/s1. The Morgan fingerprint density at radius 1 is 1.07 bits per heavy atom. The molecule has 1 heterocycles. The van der Waals surface area contributed by atoms with Crippen LogP contribution in [0.3, 0.4) is 0 Å². The minimum Gasteiger partial charge on any atom is -0.333 e. The van der Waals surface area contributed by atoms with Crippen molar-refractivity contribution in [2.24, 2.45) is 0 Å². The molecule has 0 aliphatic carbocycles. The Hall–Kier alpha value is -2.22. The van der Waals surface area contributed by atoms with Crippen LogP contribution in [0.5, 0.6) is 0 Å². The number of sulfonamides is 1. The van der Waals surface area contributed by atoms with Gasteiger partial charge in [-0.25, -0.2) is 8.42 Å². The Bertz CT molecular complexity index is 894. The van der Waals surface area contributed by atoms with Crippen molar-refractivity contribution >= 4 is 21.6 Å². The number of benzene rings is 2. The number of nitrogens with two attached hydrogens (primary N) is 1. The quantitative estimate of drug-likeness (QED) is 0.744. The summed E-state index contributed by atoms with van der Waals surface area (Å²) >= 11 is 0. The number of carbonyl (C=O) groups excluding carboxylic acids is 1. The van der Waals surface area contributed by atoms with Crippen molar-refractivity contribution in [1.82, 2.24) is 4.31 Å². The van der Waals surface area contributed by atoms with Crippen molar-refractivity contribution in [3.63, 3.8) is 0 Å². The lowest BCUT2D eigenvalue weighted by atomic mass is 10.1. The van der Waals surface area contributed by atoms with E-state index in [1.54, 1.807) is 24.3 Å². The summed E-state index contributed by atoms with van der Waals surface area (Å²) < 4.78 is 27.1. The summed E-state index contributed by atoms with van der Waals surface area (Å²) in [5, 5.41) is 4.77. The van der Waals surface area contributed by atoms with Crippen molar-refractivity contribution in [1.29, 1.82) is 0 Å². The number of hydrogen-bond donors (Lipinski definition) is 2. The number of amides is 1. The summed E-state index contributed by atoms with van der Waals surface area (Å²) in [6.45, 7) is 3.43. The van der Waals surface area contributed by atoms with Crippen LogP contribution < -0.4 is 10.6 Å². The van der Waals surface area contributed by atoms with Crippen molar-refractivity contribution in [3.05, 3.63) is 60.2 Å². The van der Waals surface area contributed by atoms with Crippen LogP contribution in [0.2, 0.25) is 0 Å². The third-order valence-corrected chi connectivity index (χ3v) is 6.95. The summed E-state index contributed by atoms with van der Waals surface area (Å²) in [5.41, 5.74) is 1.66. The minimum absolute atomic E-state index is 0.157. The van der Waals surface area contributed by atoms with Gasteiger partial charge in [-0.1, -0.05) is 42.8 Å². The summed E-state index contributed by atoms with van der Waals surface area (Å²) in [5.74, 6) is -0.157. The minimum atomic E-state index is -3.51. The lowest BCUT2D eigenvalue weighted by Gasteiger charge is -2.26. The maximum Gasteiger partial charge on any atom is 0.279 e. The number of quaternary nitrogens is 1. The number of rotatable bonds is 7. The Morgan fingerprint density at radius 3 is 2.50 bits per heavy atom. The highest BCUT2D eigenvalue weighted by Crippen LogP contribution is 2.22. The molecule has 1 amide bonds. The Morgan fingerprint density at radius 2 is 1.79 bits per heavy atom. The van der Waals surface area contributed by atoms with Gasteiger partial charge in [0.05, 0.1) is 4.90 Å². The third kappa shape index (κ3) is 5.19. The maximum absolute atomic E-state index is 12.8. The van der Waals surface area contributed by atoms with Crippen LogP contribution >= 0.6 is 0 Å². The normalized spacial score (nSPS) is 16.5. The van der Waals surface area contributed by atoms with Crippen LogP contribution in [0.1, 0.15) is 37.8 Å². The maximum atomic E-state index is 12.8. The smallest absolute Gasteiger partial charge is 0.279 e. The van der Waals surface area contributed by atoms with Gasteiger partial charge in [0.1, 0.15) is 6.04 Å². The Balaban J connectivity index is 1.60. The van der Waals surface area contributed by atoms with Gasteiger partial charge in [-0.2, -0.15) is 4.31 Å². The van der Waals surface area contributed by atoms with E-state index >= 15 is 0 Å². The van der Waals surface area contributed by atoms with Crippen LogP contribution in [0.15, 0.2) is 59.5 Å². The molecular formula is C21H28N3O3S+. The molecule has 0 spiro atoms. The second-order valence-electron chi connectivity index (χ2n) is 7.18. The molecule has 0 unspecified atom stereocenters. The lowest BCUT2D eigenvalue weighted by Crippen LogP contribution is -2.86. The first kappa shape index (κ1) is 20.5. The second kappa shape index (κ2) is 9.32. The molecule has 150 valence electrons. The van der Waals surface area contributed by atoms with Crippen molar-refractivity contribution in [2.75, 3.05) is 25.0 Å². The fraction of sp³-hybridized carbons (Fsp3) is 0.381. The predicted octanol–water partition coefficient (Wildman–Crippen LogP) is 2.12. The lowest BCUT2D eigenvalue weighted by molar-refractivity contribution is -0.682. The van der Waals surface area contributed by atoms with Gasteiger partial charge < -0.3 is 10.6 Å². The molecular weight excluding hydrogens is 374 g/mol. The molecule has 3 N–H and O–H groups in total. The average molecular weight is 403 g/mol. The summed E-state index contributed by atoms with van der Waals surface area (Å²) in [4.78, 5) is 12.5. The number of nitrogens with one attached hydrogen (secondary N) is 1. The van der Waals surface area contributed by atoms with Crippen LogP contribution in [0.25, 0.3) is 0 Å². The molecule has 7 heteroatoms. The molecule has 3 rings (SSSR count). The number of carbonyl (C=O) groups is 1. The first-order valence-corrected chi connectivity index (χ1v) is 11.2. The molecule has 1 atom stereocenters. The summed E-state index contributed by atoms with van der Waals surface area (Å²) in [6, 6.07) is 16.7. The van der Waals surface area contributed by atoms with Crippen LogP contribution in [0.4, 0.5) is 5.69 Å². The highest BCUT2D eigenvalue weighted by Gasteiger charge is 2.26. The van der Waals surface area contributed by atoms with Gasteiger partial charge >= 0.3 is 0 Å². The summed E-state index contributed by atoms with van der Waals surface area (Å²) in [7, 11) is -3.51. The molecule has 1 aliphatic rings. The van der Waals surface area contributed by atoms with Gasteiger partial charge in [0, 0.05) is 24.3 Å². The molecule has 2 aromatic carbocycles. The van der Waals surface area contributed by atoms with Crippen molar-refractivity contribution in [2.45, 2.75) is 37.1 Å². The number of anilines is 1. The van der Waals surface area contributed by atoms with E-state index in [2.05, 4.69) is 12.2 Å². The second-order valence-corrected chi connectivity index (χ2v) is 9.12. The van der Waals surface area contributed by atoms with Crippen molar-refractivity contribution < 1.29 is 18.5 Å². The molecule has 1 aliphatic heterocycles. The van der Waals surface area contributed by atoms with Gasteiger partial charge in [0.2, 0.25) is 10.0 Å². The Labute approximate surface area is 167 Å².